The number of methoxy groups -OCH3 is 2. The molecule has 2 aromatic carbocycles. The van der Waals surface area contributed by atoms with Crippen LogP contribution < -0.4 is 14.8 Å². The maximum absolute atomic E-state index is 12.2. The number of rotatable bonds is 3. The van der Waals surface area contributed by atoms with Gasteiger partial charge in [0.15, 0.2) is 0 Å². The maximum Gasteiger partial charge on any atom is 0.256 e. The first kappa shape index (κ1) is 14.5. The number of halogens is 1. The number of carbonyl (C=O) groups excluding carboxylic acids is 1. The molecule has 0 unspecified atom stereocenters. The quantitative estimate of drug-likeness (QED) is 0.875. The van der Waals surface area contributed by atoms with Crippen LogP contribution in [0.3, 0.4) is 0 Å². The van der Waals surface area contributed by atoms with Crippen molar-refractivity contribution < 1.29 is 14.3 Å². The first-order chi connectivity index (χ1) is 10.6. The smallest absolute Gasteiger partial charge is 0.256 e. The maximum atomic E-state index is 12.2. The Morgan fingerprint density at radius 2 is 1.91 bits per heavy atom. The molecule has 0 aromatic heterocycles. The van der Waals surface area contributed by atoms with E-state index in [0.29, 0.717) is 22.1 Å². The molecule has 0 fully saturated rings. The van der Waals surface area contributed by atoms with Gasteiger partial charge < -0.3 is 14.8 Å². The average molecular weight is 316 g/mol. The van der Waals surface area contributed by atoms with Gasteiger partial charge in [-0.05, 0) is 42.5 Å². The van der Waals surface area contributed by atoms with Gasteiger partial charge in [0, 0.05) is 27.4 Å². The summed E-state index contributed by atoms with van der Waals surface area (Å²) in [4.78, 5) is 12.2. The van der Waals surface area contributed by atoms with Gasteiger partial charge in [0.1, 0.15) is 11.5 Å². The van der Waals surface area contributed by atoms with Gasteiger partial charge in [-0.3, -0.25) is 4.79 Å². The number of anilines is 1. The first-order valence-corrected chi connectivity index (χ1v) is 7.05. The predicted molar refractivity (Wildman–Crippen MR) is 87.5 cm³/mol. The summed E-state index contributed by atoms with van der Waals surface area (Å²) in [6.45, 7) is 0. The van der Waals surface area contributed by atoms with Crippen molar-refractivity contribution in [1.29, 1.82) is 0 Å². The second-order valence-electron chi connectivity index (χ2n) is 4.81. The molecule has 3 rings (SSSR count). The summed E-state index contributed by atoms with van der Waals surface area (Å²) in [7, 11) is 3.18. The van der Waals surface area contributed by atoms with Crippen molar-refractivity contribution in [3.05, 3.63) is 52.5 Å². The average Bonchev–Trinajstić information content (AvgIpc) is 2.83. The van der Waals surface area contributed by atoms with Gasteiger partial charge in [0.25, 0.3) is 5.91 Å². The fraction of sp³-hybridized carbons (Fsp3) is 0.118. The molecule has 1 aliphatic heterocycles. The zero-order valence-electron chi connectivity index (χ0n) is 12.1. The third kappa shape index (κ3) is 2.53. The van der Waals surface area contributed by atoms with Crippen LogP contribution in [0.4, 0.5) is 5.69 Å². The van der Waals surface area contributed by atoms with Gasteiger partial charge in [0.2, 0.25) is 0 Å². The summed E-state index contributed by atoms with van der Waals surface area (Å²) in [5.41, 5.74) is 2.84. The number of hydrogen-bond donors (Lipinski definition) is 1. The second kappa shape index (κ2) is 5.73. The lowest BCUT2D eigenvalue weighted by atomic mass is 10.0. The van der Waals surface area contributed by atoms with Gasteiger partial charge >= 0.3 is 0 Å². The van der Waals surface area contributed by atoms with E-state index < -0.39 is 0 Å². The van der Waals surface area contributed by atoms with E-state index in [0.717, 1.165) is 16.8 Å². The molecule has 22 heavy (non-hydrogen) atoms. The molecule has 5 heteroatoms. The monoisotopic (exact) mass is 315 g/mol. The molecule has 2 aromatic rings. The van der Waals surface area contributed by atoms with Gasteiger partial charge in [0.05, 0.1) is 14.2 Å². The van der Waals surface area contributed by atoms with Crippen LogP contribution in [-0.2, 0) is 4.79 Å². The van der Waals surface area contributed by atoms with Gasteiger partial charge in [-0.1, -0.05) is 11.6 Å². The zero-order valence-corrected chi connectivity index (χ0v) is 12.9. The number of amides is 1. The normalized spacial score (nSPS) is 14.7. The lowest BCUT2D eigenvalue weighted by molar-refractivity contribution is -0.110. The Hall–Kier alpha value is -2.46. The molecule has 0 radical (unpaired) electrons. The topological polar surface area (TPSA) is 47.6 Å². The number of ether oxygens (including phenoxy) is 2. The third-order valence-electron chi connectivity index (χ3n) is 3.50. The minimum atomic E-state index is -0.165. The molecule has 0 saturated heterocycles. The molecule has 0 aliphatic carbocycles. The van der Waals surface area contributed by atoms with Crippen molar-refractivity contribution >= 4 is 34.8 Å². The first-order valence-electron chi connectivity index (χ1n) is 6.67. The van der Waals surface area contributed by atoms with E-state index in [-0.39, 0.29) is 5.91 Å². The SMILES string of the molecule is COc1ccc(OC)c(/C=C2\C(=O)Nc3ccc(Cl)cc32)c1. The summed E-state index contributed by atoms with van der Waals surface area (Å²) in [6, 6.07) is 10.7. The molecular formula is C17H14ClNO3. The molecule has 0 spiro atoms. The predicted octanol–water partition coefficient (Wildman–Crippen LogP) is 3.85. The Kier molecular flexibility index (Phi) is 3.77. The van der Waals surface area contributed by atoms with Crippen LogP contribution in [0.5, 0.6) is 11.5 Å². The van der Waals surface area contributed by atoms with Crippen molar-refractivity contribution in [1.82, 2.24) is 0 Å². The van der Waals surface area contributed by atoms with Gasteiger partial charge in [-0.15, -0.1) is 0 Å². The van der Waals surface area contributed by atoms with Crippen molar-refractivity contribution in [3.63, 3.8) is 0 Å². The minimum Gasteiger partial charge on any atom is -0.497 e. The van der Waals surface area contributed by atoms with Crippen LogP contribution in [0, 0.1) is 0 Å². The van der Waals surface area contributed by atoms with Crippen molar-refractivity contribution in [2.24, 2.45) is 0 Å². The van der Waals surface area contributed by atoms with Crippen molar-refractivity contribution in [2.45, 2.75) is 0 Å². The lowest BCUT2D eigenvalue weighted by Crippen LogP contribution is -2.03. The van der Waals surface area contributed by atoms with Crippen molar-refractivity contribution in [2.75, 3.05) is 19.5 Å². The summed E-state index contributed by atoms with van der Waals surface area (Å²) in [6.07, 6.45) is 1.78. The Morgan fingerprint density at radius 1 is 1.09 bits per heavy atom. The Balaban J connectivity index is 2.13. The van der Waals surface area contributed by atoms with Gasteiger partial charge in [-0.25, -0.2) is 0 Å². The molecule has 0 saturated carbocycles. The summed E-state index contributed by atoms with van der Waals surface area (Å²) in [5.74, 6) is 1.19. The van der Waals surface area contributed by atoms with E-state index in [9.17, 15) is 4.79 Å². The van der Waals surface area contributed by atoms with Gasteiger partial charge in [-0.2, -0.15) is 0 Å². The van der Waals surface area contributed by atoms with Crippen LogP contribution in [0.2, 0.25) is 5.02 Å². The summed E-state index contributed by atoms with van der Waals surface area (Å²) >= 11 is 6.03. The minimum absolute atomic E-state index is 0.165. The zero-order chi connectivity index (χ0) is 15.7. The standard InChI is InChI=1S/C17H14ClNO3/c1-21-12-4-6-16(22-2)10(7-12)8-14-13-9-11(18)3-5-15(13)19-17(14)20/h3-9H,1-2H3,(H,19,20)/b14-8-. The van der Waals surface area contributed by atoms with E-state index in [1.54, 1.807) is 50.6 Å². The van der Waals surface area contributed by atoms with E-state index in [2.05, 4.69) is 5.32 Å². The van der Waals surface area contributed by atoms with E-state index >= 15 is 0 Å². The van der Waals surface area contributed by atoms with Crippen LogP contribution in [0.15, 0.2) is 36.4 Å². The fourth-order valence-electron chi connectivity index (χ4n) is 2.41. The number of hydrogen-bond acceptors (Lipinski definition) is 3. The lowest BCUT2D eigenvalue weighted by Gasteiger charge is -2.08. The highest BCUT2D eigenvalue weighted by Gasteiger charge is 2.24. The molecule has 4 nitrogen and oxygen atoms in total. The number of carbonyl (C=O) groups is 1. The van der Waals surface area contributed by atoms with Crippen LogP contribution in [-0.4, -0.2) is 20.1 Å². The highest BCUT2D eigenvalue weighted by atomic mass is 35.5. The second-order valence-corrected chi connectivity index (χ2v) is 5.25. The Labute approximate surface area is 133 Å². The van der Waals surface area contributed by atoms with E-state index in [1.807, 2.05) is 6.07 Å². The molecule has 1 aliphatic rings. The molecule has 1 N–H and O–H groups in total. The Morgan fingerprint density at radius 3 is 2.64 bits per heavy atom. The largest absolute Gasteiger partial charge is 0.497 e. The highest BCUT2D eigenvalue weighted by Crippen LogP contribution is 2.36. The molecule has 0 atom stereocenters. The summed E-state index contributed by atoms with van der Waals surface area (Å²) in [5, 5.41) is 3.41. The Bertz CT molecular complexity index is 783. The van der Waals surface area contributed by atoms with E-state index in [1.165, 1.54) is 0 Å². The molecular weight excluding hydrogens is 302 g/mol. The number of nitrogens with one attached hydrogen (secondary N) is 1. The van der Waals surface area contributed by atoms with E-state index in [4.69, 9.17) is 21.1 Å². The fourth-order valence-corrected chi connectivity index (χ4v) is 2.58. The summed E-state index contributed by atoms with van der Waals surface area (Å²) < 4.78 is 10.6. The van der Waals surface area contributed by atoms with Crippen LogP contribution in [0.25, 0.3) is 11.6 Å². The molecule has 0 bridgehead atoms. The highest BCUT2D eigenvalue weighted by molar-refractivity contribution is 6.36. The van der Waals surface area contributed by atoms with Crippen LogP contribution in [0.1, 0.15) is 11.1 Å². The number of fused-ring (bicyclic) bond motifs is 1. The molecule has 1 heterocycles. The third-order valence-corrected chi connectivity index (χ3v) is 3.74. The molecule has 112 valence electrons. The number of benzene rings is 2. The van der Waals surface area contributed by atoms with Crippen LogP contribution >= 0.6 is 11.6 Å². The molecule has 1 amide bonds. The van der Waals surface area contributed by atoms with Crippen molar-refractivity contribution in [3.8, 4) is 11.5 Å².